The second-order valence-corrected chi connectivity index (χ2v) is 5.98. The van der Waals surface area contributed by atoms with E-state index in [0.717, 1.165) is 14.2 Å². The summed E-state index contributed by atoms with van der Waals surface area (Å²) >= 11 is 0. The summed E-state index contributed by atoms with van der Waals surface area (Å²) in [5.74, 6) is 2.29. The molecule has 11 heavy (non-hydrogen) atoms. The standard InChI is InChI=1S/C10H21P/c1-6-7-11-9(2)8-10(3,4)5/h6-7,9,11H,8H2,1-5H3/b7-6-. The Labute approximate surface area is 73.2 Å². The maximum Gasteiger partial charge on any atom is -0.0226 e. The minimum Gasteiger partial charge on any atom is -0.0958 e. The van der Waals surface area contributed by atoms with Gasteiger partial charge in [-0.1, -0.05) is 48.2 Å². The zero-order valence-corrected chi connectivity index (χ0v) is 9.44. The van der Waals surface area contributed by atoms with Crippen molar-refractivity contribution >= 4 is 8.58 Å². The van der Waals surface area contributed by atoms with Crippen LogP contribution in [0.25, 0.3) is 0 Å². The monoisotopic (exact) mass is 172 g/mol. The van der Waals surface area contributed by atoms with Gasteiger partial charge in [-0.15, -0.1) is 0 Å². The van der Waals surface area contributed by atoms with Gasteiger partial charge in [0.25, 0.3) is 0 Å². The predicted octanol–water partition coefficient (Wildman–Crippen LogP) is 4.02. The van der Waals surface area contributed by atoms with Gasteiger partial charge in [-0.3, -0.25) is 0 Å². The van der Waals surface area contributed by atoms with Crippen LogP contribution in [0.5, 0.6) is 0 Å². The Balaban J connectivity index is 3.60. The highest BCUT2D eigenvalue weighted by molar-refractivity contribution is 7.42. The first-order valence-electron chi connectivity index (χ1n) is 4.33. The van der Waals surface area contributed by atoms with Crippen molar-refractivity contribution in [3.63, 3.8) is 0 Å². The minimum atomic E-state index is 0.494. The fourth-order valence-corrected chi connectivity index (χ4v) is 2.49. The van der Waals surface area contributed by atoms with Crippen molar-refractivity contribution in [2.45, 2.75) is 46.7 Å². The molecule has 0 fully saturated rings. The molecule has 66 valence electrons. The van der Waals surface area contributed by atoms with E-state index in [4.69, 9.17) is 0 Å². The molecule has 0 aromatic heterocycles. The Morgan fingerprint density at radius 1 is 1.36 bits per heavy atom. The molecule has 0 heterocycles. The molecule has 0 radical (unpaired) electrons. The Morgan fingerprint density at radius 2 is 1.91 bits per heavy atom. The fraction of sp³-hybridized carbons (Fsp3) is 0.800. The summed E-state index contributed by atoms with van der Waals surface area (Å²) in [6.45, 7) is 11.4. The van der Waals surface area contributed by atoms with Gasteiger partial charge in [0.1, 0.15) is 0 Å². The molecule has 0 rings (SSSR count). The second kappa shape index (κ2) is 4.93. The van der Waals surface area contributed by atoms with Gasteiger partial charge in [-0.25, -0.2) is 0 Å². The lowest BCUT2D eigenvalue weighted by Gasteiger charge is -2.22. The van der Waals surface area contributed by atoms with Crippen molar-refractivity contribution in [2.24, 2.45) is 5.41 Å². The molecule has 0 N–H and O–H groups in total. The van der Waals surface area contributed by atoms with Crippen molar-refractivity contribution < 1.29 is 0 Å². The summed E-state index contributed by atoms with van der Waals surface area (Å²) in [5.41, 5.74) is 1.35. The lowest BCUT2D eigenvalue weighted by molar-refractivity contribution is 0.378. The Morgan fingerprint density at radius 3 is 2.27 bits per heavy atom. The summed E-state index contributed by atoms with van der Waals surface area (Å²) in [6, 6.07) is 0. The first-order chi connectivity index (χ1) is 4.95. The summed E-state index contributed by atoms with van der Waals surface area (Å²) in [7, 11) is 0.999. The summed E-state index contributed by atoms with van der Waals surface area (Å²) in [6.07, 6.45) is 3.48. The van der Waals surface area contributed by atoms with E-state index in [2.05, 4.69) is 46.5 Å². The number of hydrogen-bond acceptors (Lipinski definition) is 0. The highest BCUT2D eigenvalue weighted by Crippen LogP contribution is 2.31. The fourth-order valence-electron chi connectivity index (χ4n) is 1.24. The normalized spacial score (nSPS) is 16.8. The average molecular weight is 172 g/mol. The van der Waals surface area contributed by atoms with E-state index in [0.29, 0.717) is 5.41 Å². The lowest BCUT2D eigenvalue weighted by atomic mass is 9.91. The van der Waals surface area contributed by atoms with E-state index in [1.165, 1.54) is 6.42 Å². The first kappa shape index (κ1) is 11.2. The molecular formula is C10H21P. The van der Waals surface area contributed by atoms with Crippen molar-refractivity contribution in [2.75, 3.05) is 0 Å². The van der Waals surface area contributed by atoms with E-state index < -0.39 is 0 Å². The van der Waals surface area contributed by atoms with Crippen molar-refractivity contribution in [3.05, 3.63) is 11.9 Å². The van der Waals surface area contributed by atoms with Gasteiger partial charge >= 0.3 is 0 Å². The topological polar surface area (TPSA) is 0 Å². The zero-order valence-electron chi connectivity index (χ0n) is 8.44. The molecular weight excluding hydrogens is 151 g/mol. The van der Waals surface area contributed by atoms with Crippen LogP contribution in [0.3, 0.4) is 0 Å². The predicted molar refractivity (Wildman–Crippen MR) is 56.7 cm³/mol. The molecule has 0 nitrogen and oxygen atoms in total. The number of hydrogen-bond donors (Lipinski definition) is 0. The maximum absolute atomic E-state index is 2.34. The van der Waals surface area contributed by atoms with Gasteiger partial charge in [-0.05, 0) is 24.4 Å². The molecule has 0 spiro atoms. The average Bonchev–Trinajstić information content (AvgIpc) is 1.79. The van der Waals surface area contributed by atoms with Crippen LogP contribution in [0.1, 0.15) is 41.0 Å². The molecule has 0 aliphatic rings. The van der Waals surface area contributed by atoms with Crippen LogP contribution >= 0.6 is 8.58 Å². The van der Waals surface area contributed by atoms with Crippen LogP contribution < -0.4 is 0 Å². The third-order valence-electron chi connectivity index (χ3n) is 1.47. The molecule has 2 unspecified atom stereocenters. The van der Waals surface area contributed by atoms with Crippen LogP contribution in [0.2, 0.25) is 0 Å². The lowest BCUT2D eigenvalue weighted by Crippen LogP contribution is -2.10. The van der Waals surface area contributed by atoms with Gasteiger partial charge < -0.3 is 0 Å². The molecule has 0 bridgehead atoms. The van der Waals surface area contributed by atoms with Gasteiger partial charge in [0.05, 0.1) is 0 Å². The van der Waals surface area contributed by atoms with Crippen LogP contribution in [0, 0.1) is 5.41 Å². The molecule has 0 saturated heterocycles. The van der Waals surface area contributed by atoms with Crippen LogP contribution in [-0.2, 0) is 0 Å². The zero-order chi connectivity index (χ0) is 8.91. The Bertz CT molecular complexity index is 119. The van der Waals surface area contributed by atoms with Crippen LogP contribution in [0.4, 0.5) is 0 Å². The maximum atomic E-state index is 2.34. The molecule has 0 aromatic carbocycles. The van der Waals surface area contributed by atoms with Crippen LogP contribution in [0.15, 0.2) is 11.9 Å². The van der Waals surface area contributed by atoms with Gasteiger partial charge in [0.15, 0.2) is 0 Å². The third kappa shape index (κ3) is 8.07. The van der Waals surface area contributed by atoms with E-state index in [1.807, 2.05) is 0 Å². The Hall–Kier alpha value is 0.170. The molecule has 0 aliphatic heterocycles. The van der Waals surface area contributed by atoms with E-state index in [-0.39, 0.29) is 0 Å². The molecule has 0 amide bonds. The summed E-state index contributed by atoms with van der Waals surface area (Å²) in [5, 5.41) is 0. The van der Waals surface area contributed by atoms with Gasteiger partial charge in [0.2, 0.25) is 0 Å². The van der Waals surface area contributed by atoms with Gasteiger partial charge in [0, 0.05) is 0 Å². The second-order valence-electron chi connectivity index (χ2n) is 4.33. The minimum absolute atomic E-state index is 0.494. The van der Waals surface area contributed by atoms with E-state index >= 15 is 0 Å². The molecule has 0 saturated carbocycles. The molecule has 0 aliphatic carbocycles. The number of rotatable bonds is 3. The van der Waals surface area contributed by atoms with Crippen LogP contribution in [-0.4, -0.2) is 5.66 Å². The summed E-state index contributed by atoms with van der Waals surface area (Å²) in [4.78, 5) is 0. The molecule has 0 aromatic rings. The van der Waals surface area contributed by atoms with E-state index in [1.54, 1.807) is 0 Å². The highest BCUT2D eigenvalue weighted by Gasteiger charge is 2.13. The van der Waals surface area contributed by atoms with Crippen molar-refractivity contribution in [1.82, 2.24) is 0 Å². The summed E-state index contributed by atoms with van der Waals surface area (Å²) < 4.78 is 0. The molecule has 2 atom stereocenters. The van der Waals surface area contributed by atoms with Crippen molar-refractivity contribution in [1.29, 1.82) is 0 Å². The highest BCUT2D eigenvalue weighted by atomic mass is 31.1. The SMILES string of the molecule is C/C=C\PC(C)CC(C)(C)C. The van der Waals surface area contributed by atoms with Crippen molar-refractivity contribution in [3.8, 4) is 0 Å². The third-order valence-corrected chi connectivity index (χ3v) is 2.76. The molecule has 1 heteroatoms. The largest absolute Gasteiger partial charge is 0.0958 e. The van der Waals surface area contributed by atoms with E-state index in [9.17, 15) is 0 Å². The smallest absolute Gasteiger partial charge is 0.0226 e. The quantitative estimate of drug-likeness (QED) is 0.564. The first-order valence-corrected chi connectivity index (χ1v) is 5.48. The number of allylic oxidation sites excluding steroid dienone is 1. The Kier molecular flexibility index (Phi) is 5.01. The van der Waals surface area contributed by atoms with Gasteiger partial charge in [-0.2, -0.15) is 0 Å².